The Hall–Kier alpha value is -1.96. The number of urea groups is 1. The molecule has 0 radical (unpaired) electrons. The quantitative estimate of drug-likeness (QED) is 0.784. The predicted octanol–water partition coefficient (Wildman–Crippen LogP) is 0.0667. The van der Waals surface area contributed by atoms with E-state index in [0.29, 0.717) is 24.8 Å². The van der Waals surface area contributed by atoms with Gasteiger partial charge in [-0.1, -0.05) is 5.16 Å². The van der Waals surface area contributed by atoms with Crippen LogP contribution in [-0.2, 0) is 4.79 Å². The van der Waals surface area contributed by atoms with Crippen molar-refractivity contribution in [2.24, 2.45) is 0 Å². The number of likely N-dealkylation sites (tertiary alicyclic amines) is 1. The standard InChI is InChI=1S/C12H17N5O3/c1-8-14-11(15-20-8)9-3-2-4-16(9)5-6-17-10(18)7-13-12(17)19/h9H,2-7H2,1H3,(H,13,19). The van der Waals surface area contributed by atoms with Gasteiger partial charge in [0.25, 0.3) is 0 Å². The van der Waals surface area contributed by atoms with Gasteiger partial charge in [0, 0.05) is 20.0 Å². The number of amides is 3. The Morgan fingerprint density at radius 3 is 2.90 bits per heavy atom. The first-order valence-electron chi connectivity index (χ1n) is 6.77. The van der Waals surface area contributed by atoms with Crippen molar-refractivity contribution in [3.8, 4) is 0 Å². The Morgan fingerprint density at radius 1 is 1.40 bits per heavy atom. The Balaban J connectivity index is 1.62. The first-order chi connectivity index (χ1) is 9.65. The molecule has 2 aliphatic heterocycles. The average molecular weight is 279 g/mol. The first-order valence-corrected chi connectivity index (χ1v) is 6.77. The summed E-state index contributed by atoms with van der Waals surface area (Å²) >= 11 is 0. The second-order valence-corrected chi connectivity index (χ2v) is 5.07. The number of nitrogens with zero attached hydrogens (tertiary/aromatic N) is 4. The van der Waals surface area contributed by atoms with Crippen molar-refractivity contribution in [3.63, 3.8) is 0 Å². The van der Waals surface area contributed by atoms with Crippen LogP contribution in [0.1, 0.15) is 30.6 Å². The van der Waals surface area contributed by atoms with Gasteiger partial charge in [-0.25, -0.2) is 4.79 Å². The first kappa shape index (κ1) is 13.0. The second kappa shape index (κ2) is 5.20. The number of rotatable bonds is 4. The van der Waals surface area contributed by atoms with Gasteiger partial charge in [0.1, 0.15) is 0 Å². The molecule has 2 saturated heterocycles. The zero-order valence-electron chi connectivity index (χ0n) is 11.3. The van der Waals surface area contributed by atoms with Gasteiger partial charge in [-0.3, -0.25) is 14.6 Å². The third kappa shape index (κ3) is 2.38. The predicted molar refractivity (Wildman–Crippen MR) is 67.7 cm³/mol. The van der Waals surface area contributed by atoms with Crippen LogP contribution in [0.4, 0.5) is 4.79 Å². The van der Waals surface area contributed by atoms with Crippen LogP contribution in [0.2, 0.25) is 0 Å². The number of hydrogen-bond acceptors (Lipinski definition) is 6. The fraction of sp³-hybridized carbons (Fsp3) is 0.667. The number of carbonyl (C=O) groups is 2. The molecule has 0 aromatic carbocycles. The summed E-state index contributed by atoms with van der Waals surface area (Å²) in [7, 11) is 0. The summed E-state index contributed by atoms with van der Waals surface area (Å²) in [6.07, 6.45) is 2.03. The maximum absolute atomic E-state index is 11.5. The van der Waals surface area contributed by atoms with Gasteiger partial charge in [-0.2, -0.15) is 4.98 Å². The topological polar surface area (TPSA) is 91.6 Å². The normalized spacial score (nSPS) is 23.6. The lowest BCUT2D eigenvalue weighted by molar-refractivity contribution is -0.125. The number of nitrogens with one attached hydrogen (secondary N) is 1. The summed E-state index contributed by atoms with van der Waals surface area (Å²) < 4.78 is 5.02. The molecule has 0 bridgehead atoms. The molecule has 2 aliphatic rings. The maximum atomic E-state index is 11.5. The molecule has 8 heteroatoms. The van der Waals surface area contributed by atoms with E-state index in [1.807, 2.05) is 0 Å². The Bertz CT molecular complexity index is 513. The van der Waals surface area contributed by atoms with Crippen LogP contribution >= 0.6 is 0 Å². The van der Waals surface area contributed by atoms with E-state index in [9.17, 15) is 9.59 Å². The summed E-state index contributed by atoms with van der Waals surface area (Å²) in [6, 6.07) is -0.186. The van der Waals surface area contributed by atoms with Gasteiger partial charge in [0.2, 0.25) is 11.8 Å². The second-order valence-electron chi connectivity index (χ2n) is 5.07. The number of imide groups is 1. The highest BCUT2D eigenvalue weighted by molar-refractivity contribution is 6.01. The average Bonchev–Trinajstić information content (AvgIpc) is 3.10. The van der Waals surface area contributed by atoms with Crippen LogP contribution in [0, 0.1) is 6.92 Å². The van der Waals surface area contributed by atoms with E-state index in [-0.39, 0.29) is 24.5 Å². The molecule has 0 saturated carbocycles. The Labute approximate surface area is 116 Å². The molecule has 1 N–H and O–H groups in total. The van der Waals surface area contributed by atoms with Crippen LogP contribution in [-0.4, -0.2) is 58.1 Å². The lowest BCUT2D eigenvalue weighted by Gasteiger charge is -2.23. The minimum absolute atomic E-state index is 0.103. The molecule has 8 nitrogen and oxygen atoms in total. The molecular formula is C12H17N5O3. The highest BCUT2D eigenvalue weighted by Gasteiger charge is 2.33. The van der Waals surface area contributed by atoms with Crippen LogP contribution in [0.3, 0.4) is 0 Å². The SMILES string of the molecule is Cc1nc(C2CCCN2CCN2C(=O)CNC2=O)no1. The highest BCUT2D eigenvalue weighted by Crippen LogP contribution is 2.29. The molecule has 3 rings (SSSR count). The molecule has 1 unspecified atom stereocenters. The molecule has 0 aliphatic carbocycles. The zero-order valence-corrected chi connectivity index (χ0v) is 11.3. The summed E-state index contributed by atoms with van der Waals surface area (Å²) in [5.41, 5.74) is 0. The van der Waals surface area contributed by atoms with Crippen molar-refractivity contribution in [1.29, 1.82) is 0 Å². The van der Waals surface area contributed by atoms with Crippen LogP contribution in [0.25, 0.3) is 0 Å². The molecule has 0 spiro atoms. The summed E-state index contributed by atoms with van der Waals surface area (Å²) in [5.74, 6) is 1.08. The lowest BCUT2D eigenvalue weighted by atomic mass is 10.2. The molecule has 3 amide bonds. The Kier molecular flexibility index (Phi) is 3.39. The van der Waals surface area contributed by atoms with E-state index < -0.39 is 0 Å². The molecule has 3 heterocycles. The van der Waals surface area contributed by atoms with Crippen LogP contribution in [0.15, 0.2) is 4.52 Å². The van der Waals surface area contributed by atoms with E-state index in [1.165, 1.54) is 4.90 Å². The third-order valence-corrected chi connectivity index (χ3v) is 3.75. The molecule has 1 aromatic heterocycles. The molecule has 1 atom stereocenters. The van der Waals surface area contributed by atoms with E-state index in [4.69, 9.17) is 4.52 Å². The van der Waals surface area contributed by atoms with Gasteiger partial charge in [-0.05, 0) is 19.4 Å². The fourth-order valence-electron chi connectivity index (χ4n) is 2.75. The van der Waals surface area contributed by atoms with Crippen molar-refractivity contribution >= 4 is 11.9 Å². The third-order valence-electron chi connectivity index (χ3n) is 3.75. The summed E-state index contributed by atoms with van der Waals surface area (Å²) in [4.78, 5) is 30.7. The molecule has 20 heavy (non-hydrogen) atoms. The summed E-state index contributed by atoms with van der Waals surface area (Å²) in [5, 5.41) is 6.49. The largest absolute Gasteiger partial charge is 0.340 e. The monoisotopic (exact) mass is 279 g/mol. The number of aromatic nitrogens is 2. The minimum atomic E-state index is -0.304. The molecule has 1 aromatic rings. The van der Waals surface area contributed by atoms with E-state index in [0.717, 1.165) is 19.4 Å². The molecular weight excluding hydrogens is 262 g/mol. The minimum Gasteiger partial charge on any atom is -0.340 e. The molecule has 108 valence electrons. The van der Waals surface area contributed by atoms with Gasteiger partial charge < -0.3 is 9.84 Å². The zero-order chi connectivity index (χ0) is 14.1. The smallest absolute Gasteiger partial charge is 0.324 e. The van der Waals surface area contributed by atoms with Crippen LogP contribution in [0.5, 0.6) is 0 Å². The number of hydrogen-bond donors (Lipinski definition) is 1. The fourth-order valence-corrected chi connectivity index (χ4v) is 2.75. The van der Waals surface area contributed by atoms with E-state index in [1.54, 1.807) is 6.92 Å². The van der Waals surface area contributed by atoms with Gasteiger partial charge in [0.15, 0.2) is 5.82 Å². The summed E-state index contributed by atoms with van der Waals surface area (Å²) in [6.45, 7) is 3.83. The van der Waals surface area contributed by atoms with Crippen LogP contribution < -0.4 is 5.32 Å². The lowest BCUT2D eigenvalue weighted by Crippen LogP contribution is -2.38. The van der Waals surface area contributed by atoms with Crippen molar-refractivity contribution < 1.29 is 14.1 Å². The van der Waals surface area contributed by atoms with E-state index in [2.05, 4.69) is 20.4 Å². The molecule has 2 fully saturated rings. The number of carbonyl (C=O) groups excluding carboxylic acids is 2. The van der Waals surface area contributed by atoms with Crippen molar-refractivity contribution in [1.82, 2.24) is 25.3 Å². The number of aryl methyl sites for hydroxylation is 1. The Morgan fingerprint density at radius 2 is 2.25 bits per heavy atom. The highest BCUT2D eigenvalue weighted by atomic mass is 16.5. The van der Waals surface area contributed by atoms with Crippen molar-refractivity contribution in [3.05, 3.63) is 11.7 Å². The maximum Gasteiger partial charge on any atom is 0.324 e. The van der Waals surface area contributed by atoms with Gasteiger partial charge in [0.05, 0.1) is 12.6 Å². The van der Waals surface area contributed by atoms with E-state index >= 15 is 0 Å². The van der Waals surface area contributed by atoms with Crippen molar-refractivity contribution in [2.75, 3.05) is 26.2 Å². The van der Waals surface area contributed by atoms with Gasteiger partial charge in [-0.15, -0.1) is 0 Å². The van der Waals surface area contributed by atoms with Gasteiger partial charge >= 0.3 is 6.03 Å². The van der Waals surface area contributed by atoms with Crippen molar-refractivity contribution in [2.45, 2.75) is 25.8 Å².